The van der Waals surface area contributed by atoms with E-state index in [9.17, 15) is 4.79 Å². The zero-order valence-electron chi connectivity index (χ0n) is 12.5. The summed E-state index contributed by atoms with van der Waals surface area (Å²) >= 11 is 5.13. The highest BCUT2D eigenvalue weighted by atomic mass is 79.9. The number of halogens is 1. The first-order valence-electron chi connectivity index (χ1n) is 6.80. The molecule has 0 aliphatic rings. The number of nitrogens with one attached hydrogen (secondary N) is 2. The summed E-state index contributed by atoms with van der Waals surface area (Å²) in [6.07, 6.45) is 1.56. The summed E-state index contributed by atoms with van der Waals surface area (Å²) in [6, 6.07) is 2.00. The van der Waals surface area contributed by atoms with Gasteiger partial charge >= 0.3 is 0 Å². The molecule has 22 heavy (non-hydrogen) atoms. The van der Waals surface area contributed by atoms with E-state index in [-0.39, 0.29) is 11.1 Å². The summed E-state index contributed by atoms with van der Waals surface area (Å²) in [4.78, 5) is 20.6. The molecule has 0 saturated carbocycles. The second kappa shape index (κ2) is 5.51. The average molecular weight is 382 g/mol. The highest BCUT2D eigenvalue weighted by molar-refractivity contribution is 9.10. The molecule has 3 rings (SSSR count). The predicted octanol–water partition coefficient (Wildman–Crippen LogP) is 3.31. The van der Waals surface area contributed by atoms with Crippen LogP contribution >= 0.6 is 27.3 Å². The zero-order valence-corrected chi connectivity index (χ0v) is 14.9. The van der Waals surface area contributed by atoms with Gasteiger partial charge in [-0.25, -0.2) is 4.68 Å². The first kappa shape index (κ1) is 15.2. The van der Waals surface area contributed by atoms with E-state index in [0.717, 1.165) is 9.35 Å². The van der Waals surface area contributed by atoms with Gasteiger partial charge in [-0.05, 0) is 48.1 Å². The molecule has 0 aromatic carbocycles. The van der Waals surface area contributed by atoms with Crippen LogP contribution in [0.3, 0.4) is 0 Å². The second-order valence-corrected chi connectivity index (χ2v) is 7.78. The first-order valence-corrected chi connectivity index (χ1v) is 8.48. The number of rotatable bonds is 3. The van der Waals surface area contributed by atoms with Crippen molar-refractivity contribution < 1.29 is 0 Å². The number of thiophene rings is 1. The van der Waals surface area contributed by atoms with Crippen LogP contribution in [0.4, 0.5) is 5.95 Å². The lowest BCUT2D eigenvalue weighted by atomic mass is 10.1. The number of H-pyrrole nitrogens is 1. The van der Waals surface area contributed by atoms with Gasteiger partial charge in [0.15, 0.2) is 5.65 Å². The van der Waals surface area contributed by atoms with Crippen LogP contribution in [-0.4, -0.2) is 19.7 Å². The summed E-state index contributed by atoms with van der Waals surface area (Å²) in [5.74, 6) is 0.448. The highest BCUT2D eigenvalue weighted by Gasteiger charge is 2.19. The number of hydrogen-bond donors (Lipinski definition) is 2. The molecular formula is C14H16BrN5OS. The number of nitrogens with zero attached hydrogens (tertiary/aromatic N) is 3. The van der Waals surface area contributed by atoms with E-state index in [0.29, 0.717) is 23.5 Å². The molecule has 0 bridgehead atoms. The Morgan fingerprint density at radius 3 is 2.86 bits per heavy atom. The molecule has 0 aliphatic carbocycles. The largest absolute Gasteiger partial charge is 0.351 e. The summed E-state index contributed by atoms with van der Waals surface area (Å²) in [7, 11) is 0. The SMILES string of the molecule is CC(C)(C)n1ncc2c(=O)[nH]c(NCc3sccc3Br)nc21. The molecule has 6 nitrogen and oxygen atoms in total. The Balaban J connectivity index is 1.97. The lowest BCUT2D eigenvalue weighted by Gasteiger charge is -2.19. The third-order valence-electron chi connectivity index (χ3n) is 3.18. The van der Waals surface area contributed by atoms with Gasteiger partial charge in [0.05, 0.1) is 18.3 Å². The topological polar surface area (TPSA) is 75.6 Å². The normalized spacial score (nSPS) is 12.0. The predicted molar refractivity (Wildman–Crippen MR) is 92.5 cm³/mol. The van der Waals surface area contributed by atoms with Gasteiger partial charge in [-0.2, -0.15) is 10.1 Å². The number of fused-ring (bicyclic) bond motifs is 1. The Morgan fingerprint density at radius 2 is 2.23 bits per heavy atom. The maximum absolute atomic E-state index is 12.2. The lowest BCUT2D eigenvalue weighted by Crippen LogP contribution is -2.24. The number of hydrogen-bond acceptors (Lipinski definition) is 5. The van der Waals surface area contributed by atoms with Crippen molar-refractivity contribution in [2.45, 2.75) is 32.9 Å². The standard InChI is InChI=1S/C14H16BrN5OS/c1-14(2,3)20-11-8(6-17-20)12(21)19-13(18-11)16-7-10-9(15)4-5-22-10/h4-6H,7H2,1-3H3,(H2,16,18,19,21). The van der Waals surface area contributed by atoms with Gasteiger partial charge in [0.1, 0.15) is 5.39 Å². The molecule has 0 amide bonds. The van der Waals surface area contributed by atoms with Crippen molar-refractivity contribution in [3.8, 4) is 0 Å². The fraction of sp³-hybridized carbons (Fsp3) is 0.357. The summed E-state index contributed by atoms with van der Waals surface area (Å²) in [5, 5.41) is 9.96. The van der Waals surface area contributed by atoms with Gasteiger partial charge in [-0.1, -0.05) is 0 Å². The molecule has 0 atom stereocenters. The van der Waals surface area contributed by atoms with Gasteiger partial charge in [-0.3, -0.25) is 9.78 Å². The highest BCUT2D eigenvalue weighted by Crippen LogP contribution is 2.23. The van der Waals surface area contributed by atoms with Gasteiger partial charge in [-0.15, -0.1) is 11.3 Å². The molecule has 8 heteroatoms. The van der Waals surface area contributed by atoms with Crippen molar-refractivity contribution in [3.63, 3.8) is 0 Å². The van der Waals surface area contributed by atoms with Crippen molar-refractivity contribution >= 4 is 44.2 Å². The Labute approximate surface area is 139 Å². The van der Waals surface area contributed by atoms with Crippen LogP contribution in [0.15, 0.2) is 26.9 Å². The molecule has 0 fully saturated rings. The molecule has 2 N–H and O–H groups in total. The Kier molecular flexibility index (Phi) is 3.82. The van der Waals surface area contributed by atoms with E-state index in [2.05, 4.69) is 36.3 Å². The molecule has 0 unspecified atom stereocenters. The number of anilines is 1. The Bertz CT molecular complexity index is 873. The summed E-state index contributed by atoms with van der Waals surface area (Å²) < 4.78 is 2.82. The number of aromatic nitrogens is 4. The summed E-state index contributed by atoms with van der Waals surface area (Å²) in [5.41, 5.74) is 0.161. The molecular weight excluding hydrogens is 366 g/mol. The van der Waals surface area contributed by atoms with E-state index in [1.807, 2.05) is 32.2 Å². The third-order valence-corrected chi connectivity index (χ3v) is 5.11. The monoisotopic (exact) mass is 381 g/mol. The third kappa shape index (κ3) is 2.80. The van der Waals surface area contributed by atoms with Crippen molar-refractivity contribution in [2.24, 2.45) is 0 Å². The molecule has 3 aromatic heterocycles. The van der Waals surface area contributed by atoms with E-state index >= 15 is 0 Å². The van der Waals surface area contributed by atoms with Crippen LogP contribution in [0, 0.1) is 0 Å². The molecule has 0 aliphatic heterocycles. The minimum Gasteiger partial charge on any atom is -0.351 e. The van der Waals surface area contributed by atoms with Crippen LogP contribution in [0.5, 0.6) is 0 Å². The van der Waals surface area contributed by atoms with Gasteiger partial charge in [0, 0.05) is 9.35 Å². The molecule has 3 heterocycles. The van der Waals surface area contributed by atoms with E-state index in [1.165, 1.54) is 0 Å². The van der Waals surface area contributed by atoms with Crippen molar-refractivity contribution in [1.29, 1.82) is 0 Å². The Hall–Kier alpha value is -1.67. The number of aromatic amines is 1. The van der Waals surface area contributed by atoms with E-state index in [1.54, 1.807) is 22.2 Å². The van der Waals surface area contributed by atoms with Gasteiger partial charge in [0.2, 0.25) is 5.95 Å². The summed E-state index contributed by atoms with van der Waals surface area (Å²) in [6.45, 7) is 6.67. The van der Waals surface area contributed by atoms with Gasteiger partial charge in [0.25, 0.3) is 5.56 Å². The molecule has 3 aromatic rings. The van der Waals surface area contributed by atoms with E-state index < -0.39 is 0 Å². The molecule has 0 saturated heterocycles. The average Bonchev–Trinajstić information content (AvgIpc) is 3.02. The molecule has 116 valence electrons. The lowest BCUT2D eigenvalue weighted by molar-refractivity contribution is 0.366. The van der Waals surface area contributed by atoms with Crippen molar-refractivity contribution in [2.75, 3.05) is 5.32 Å². The quantitative estimate of drug-likeness (QED) is 0.729. The fourth-order valence-electron chi connectivity index (χ4n) is 2.11. The van der Waals surface area contributed by atoms with Crippen LogP contribution in [0.2, 0.25) is 0 Å². The second-order valence-electron chi connectivity index (χ2n) is 5.92. The minimum absolute atomic E-state index is 0.187. The Morgan fingerprint density at radius 1 is 1.45 bits per heavy atom. The minimum atomic E-state index is -0.239. The zero-order chi connectivity index (χ0) is 15.9. The van der Waals surface area contributed by atoms with Crippen LogP contribution < -0.4 is 10.9 Å². The van der Waals surface area contributed by atoms with Crippen LogP contribution in [0.25, 0.3) is 11.0 Å². The van der Waals surface area contributed by atoms with E-state index in [4.69, 9.17) is 0 Å². The maximum atomic E-state index is 12.2. The molecule has 0 radical (unpaired) electrons. The fourth-order valence-corrected chi connectivity index (χ4v) is 3.54. The van der Waals surface area contributed by atoms with Gasteiger partial charge < -0.3 is 5.32 Å². The molecule has 0 spiro atoms. The maximum Gasteiger partial charge on any atom is 0.263 e. The van der Waals surface area contributed by atoms with Crippen LogP contribution in [-0.2, 0) is 12.1 Å². The van der Waals surface area contributed by atoms with Crippen molar-refractivity contribution in [1.82, 2.24) is 19.7 Å². The van der Waals surface area contributed by atoms with Crippen molar-refractivity contribution in [3.05, 3.63) is 37.3 Å². The van der Waals surface area contributed by atoms with Crippen LogP contribution in [0.1, 0.15) is 25.6 Å². The smallest absolute Gasteiger partial charge is 0.263 e. The first-order chi connectivity index (χ1) is 10.4.